The van der Waals surface area contributed by atoms with Gasteiger partial charge in [0.15, 0.2) is 6.10 Å². The average Bonchev–Trinajstić information content (AvgIpc) is 3.32. The zero-order chi connectivity index (χ0) is 24.9. The van der Waals surface area contributed by atoms with Gasteiger partial charge in [0.05, 0.1) is 31.3 Å². The van der Waals surface area contributed by atoms with E-state index in [1.807, 2.05) is 0 Å². The molecule has 1 saturated heterocycles. The van der Waals surface area contributed by atoms with Crippen molar-refractivity contribution in [2.45, 2.75) is 32.2 Å². The van der Waals surface area contributed by atoms with Gasteiger partial charge in [-0.25, -0.2) is 19.2 Å². The predicted octanol–water partition coefficient (Wildman–Crippen LogP) is 1.23. The molecule has 2 aromatic heterocycles. The Balaban J connectivity index is 1.39. The third kappa shape index (κ3) is 6.21. The Hall–Kier alpha value is -3.36. The van der Waals surface area contributed by atoms with Gasteiger partial charge in [-0.15, -0.1) is 10.2 Å². The first-order chi connectivity index (χ1) is 16.8. The average molecular weight is 550 g/mol. The van der Waals surface area contributed by atoms with Crippen molar-refractivity contribution in [1.82, 2.24) is 35.5 Å². The van der Waals surface area contributed by atoms with Crippen LogP contribution in [0.3, 0.4) is 0 Å². The number of hydrogen-bond donors (Lipinski definition) is 1. The minimum absolute atomic E-state index is 0.0668. The van der Waals surface area contributed by atoms with Gasteiger partial charge >= 0.3 is 5.97 Å². The number of nitrogens with zero attached hydrogens (tertiary/aromatic N) is 6. The summed E-state index contributed by atoms with van der Waals surface area (Å²) in [7, 11) is 1.28. The third-order valence-electron chi connectivity index (χ3n) is 4.99. The van der Waals surface area contributed by atoms with Gasteiger partial charge in [0.1, 0.15) is 29.1 Å². The number of carbonyl (C=O) groups is 2. The minimum atomic E-state index is -0.756. The summed E-state index contributed by atoms with van der Waals surface area (Å²) in [6.07, 6.45) is -1.13. The highest BCUT2D eigenvalue weighted by Gasteiger charge is 2.29. The standard InChI is InChI=1S/C21H21BrFN7O5/c1-11-25-16(6-17(26-11)20(31)24-7-12-3-4-15(23)14(22)5-12)19-27-29-30(28-19)8-13-9-35-18(10-34-13)21(32)33-2/h3-6,13,18H,7-10H2,1-2H3,(H,24,31)/t13-,18-/m0/s1. The number of halogens is 2. The van der Waals surface area contributed by atoms with Gasteiger partial charge < -0.3 is 19.5 Å². The normalized spacial score (nSPS) is 17.7. The molecule has 0 radical (unpaired) electrons. The zero-order valence-electron chi connectivity index (χ0n) is 18.8. The maximum atomic E-state index is 13.4. The largest absolute Gasteiger partial charge is 0.467 e. The molecule has 4 rings (SSSR count). The Morgan fingerprint density at radius 3 is 2.80 bits per heavy atom. The predicted molar refractivity (Wildman–Crippen MR) is 120 cm³/mol. The molecule has 1 aliphatic heterocycles. The quantitative estimate of drug-likeness (QED) is 0.427. The number of nitrogens with one attached hydrogen (secondary N) is 1. The van der Waals surface area contributed by atoms with Crippen LogP contribution in [0.4, 0.5) is 4.39 Å². The van der Waals surface area contributed by atoms with Gasteiger partial charge in [-0.05, 0) is 51.8 Å². The third-order valence-corrected chi connectivity index (χ3v) is 5.59. The number of rotatable bonds is 7. The number of esters is 1. The molecule has 1 fully saturated rings. The van der Waals surface area contributed by atoms with Crippen molar-refractivity contribution in [2.75, 3.05) is 20.3 Å². The van der Waals surface area contributed by atoms with Crippen molar-refractivity contribution in [3.63, 3.8) is 0 Å². The number of hydrogen-bond acceptors (Lipinski definition) is 10. The van der Waals surface area contributed by atoms with E-state index in [4.69, 9.17) is 9.47 Å². The molecule has 12 nitrogen and oxygen atoms in total. The molecule has 1 aromatic carbocycles. The summed E-state index contributed by atoms with van der Waals surface area (Å²) in [6, 6.07) is 5.95. The van der Waals surface area contributed by atoms with E-state index in [0.29, 0.717) is 21.6 Å². The highest BCUT2D eigenvalue weighted by molar-refractivity contribution is 9.10. The van der Waals surface area contributed by atoms with Crippen LogP contribution < -0.4 is 5.32 Å². The van der Waals surface area contributed by atoms with Crippen molar-refractivity contribution < 1.29 is 28.2 Å². The first-order valence-electron chi connectivity index (χ1n) is 10.5. The van der Waals surface area contributed by atoms with Gasteiger partial charge in [-0.1, -0.05) is 6.07 Å². The summed E-state index contributed by atoms with van der Waals surface area (Å²) in [5.74, 6) is -0.751. The molecule has 0 aliphatic carbocycles. The lowest BCUT2D eigenvalue weighted by Crippen LogP contribution is -2.42. The molecular formula is C21H21BrFN7O5. The lowest BCUT2D eigenvalue weighted by Gasteiger charge is -2.27. The number of benzene rings is 1. The van der Waals surface area contributed by atoms with Crippen molar-refractivity contribution in [1.29, 1.82) is 0 Å². The SMILES string of the molecule is COC(=O)[C@@H]1CO[C@@H](Cn2nnc(-c3cc(C(=O)NCc4ccc(F)c(Br)c4)nc(C)n3)n2)CO1. The minimum Gasteiger partial charge on any atom is -0.467 e. The molecule has 1 aliphatic rings. The second kappa shape index (κ2) is 10.9. The monoisotopic (exact) mass is 549 g/mol. The van der Waals surface area contributed by atoms with Crippen molar-refractivity contribution in [3.8, 4) is 11.5 Å². The van der Waals surface area contributed by atoms with E-state index in [9.17, 15) is 14.0 Å². The highest BCUT2D eigenvalue weighted by Crippen LogP contribution is 2.17. The molecule has 3 heterocycles. The van der Waals surface area contributed by atoms with E-state index >= 15 is 0 Å². The molecule has 14 heteroatoms. The molecule has 0 unspecified atom stereocenters. The zero-order valence-corrected chi connectivity index (χ0v) is 20.4. The molecule has 2 atom stereocenters. The van der Waals surface area contributed by atoms with Crippen molar-refractivity contribution in [3.05, 3.63) is 51.6 Å². The number of aryl methyl sites for hydroxylation is 1. The Kier molecular flexibility index (Phi) is 7.73. The Bertz CT molecular complexity index is 1230. The van der Waals surface area contributed by atoms with E-state index in [1.165, 1.54) is 24.0 Å². The molecule has 0 saturated carbocycles. The van der Waals surface area contributed by atoms with Gasteiger partial charge in [-0.2, -0.15) is 4.80 Å². The summed E-state index contributed by atoms with van der Waals surface area (Å²) >= 11 is 3.12. The Morgan fingerprint density at radius 1 is 1.26 bits per heavy atom. The number of carbonyl (C=O) groups excluding carboxylic acids is 2. The smallest absolute Gasteiger partial charge is 0.337 e. The highest BCUT2D eigenvalue weighted by atomic mass is 79.9. The Labute approximate surface area is 207 Å². The van der Waals surface area contributed by atoms with Crippen LogP contribution in [-0.4, -0.2) is 74.6 Å². The lowest BCUT2D eigenvalue weighted by molar-refractivity contribution is -0.180. The fourth-order valence-corrected chi connectivity index (χ4v) is 3.67. The summed E-state index contributed by atoms with van der Waals surface area (Å²) in [5, 5.41) is 15.1. The van der Waals surface area contributed by atoms with Crippen LogP contribution >= 0.6 is 15.9 Å². The van der Waals surface area contributed by atoms with E-state index in [2.05, 4.69) is 51.4 Å². The number of tetrazole rings is 1. The van der Waals surface area contributed by atoms with Gasteiger partial charge in [0.25, 0.3) is 5.91 Å². The summed E-state index contributed by atoms with van der Waals surface area (Å²) in [6.45, 7) is 2.30. The lowest BCUT2D eigenvalue weighted by atomic mass is 10.2. The Morgan fingerprint density at radius 2 is 2.09 bits per heavy atom. The van der Waals surface area contributed by atoms with Crippen LogP contribution in [0.1, 0.15) is 21.9 Å². The summed E-state index contributed by atoms with van der Waals surface area (Å²) in [4.78, 5) is 34.0. The van der Waals surface area contributed by atoms with Crippen LogP contribution in [0.5, 0.6) is 0 Å². The molecule has 3 aromatic rings. The fourth-order valence-electron chi connectivity index (χ4n) is 3.24. The maximum absolute atomic E-state index is 13.4. The van der Waals surface area contributed by atoms with Crippen molar-refractivity contribution >= 4 is 27.8 Å². The topological polar surface area (TPSA) is 143 Å². The van der Waals surface area contributed by atoms with Crippen LogP contribution in [0.2, 0.25) is 0 Å². The molecule has 0 bridgehead atoms. The second-order valence-electron chi connectivity index (χ2n) is 7.59. The van der Waals surface area contributed by atoms with Gasteiger partial charge in [0.2, 0.25) is 5.82 Å². The number of amides is 1. The molecule has 184 valence electrons. The first kappa shape index (κ1) is 24.8. The summed E-state index contributed by atoms with van der Waals surface area (Å²) in [5.41, 5.74) is 1.17. The van der Waals surface area contributed by atoms with E-state index in [-0.39, 0.29) is 49.7 Å². The van der Waals surface area contributed by atoms with Crippen LogP contribution in [0, 0.1) is 12.7 Å². The van der Waals surface area contributed by atoms with Crippen LogP contribution in [-0.2, 0) is 32.1 Å². The number of methoxy groups -OCH3 is 1. The molecular weight excluding hydrogens is 529 g/mol. The van der Waals surface area contributed by atoms with E-state index in [0.717, 1.165) is 0 Å². The number of aromatic nitrogens is 6. The molecule has 1 N–H and O–H groups in total. The van der Waals surface area contributed by atoms with E-state index in [1.54, 1.807) is 19.1 Å². The molecule has 0 spiro atoms. The first-order valence-corrected chi connectivity index (χ1v) is 11.3. The summed E-state index contributed by atoms with van der Waals surface area (Å²) < 4.78 is 29.4. The van der Waals surface area contributed by atoms with Gasteiger partial charge in [-0.3, -0.25) is 4.79 Å². The van der Waals surface area contributed by atoms with Crippen LogP contribution in [0.15, 0.2) is 28.7 Å². The maximum Gasteiger partial charge on any atom is 0.337 e. The number of ether oxygens (including phenoxy) is 3. The van der Waals surface area contributed by atoms with Crippen LogP contribution in [0.25, 0.3) is 11.5 Å². The second-order valence-corrected chi connectivity index (χ2v) is 8.44. The molecule has 35 heavy (non-hydrogen) atoms. The van der Waals surface area contributed by atoms with Gasteiger partial charge in [0, 0.05) is 6.54 Å². The van der Waals surface area contributed by atoms with Crippen molar-refractivity contribution in [2.24, 2.45) is 0 Å². The molecule has 1 amide bonds. The van der Waals surface area contributed by atoms with E-state index < -0.39 is 18.0 Å². The fraction of sp³-hybridized carbons (Fsp3) is 0.381.